The lowest BCUT2D eigenvalue weighted by Gasteiger charge is -1.97. The number of nitrogens with zero attached hydrogens (tertiary/aromatic N) is 3. The standard InChI is InChI=1S/C11H15N5OS/c1-6(2)4-9-15-16-11(18-9)12-10(17)8-5-7(3)13-14-8/h5-6H,4H2,1-3H3,(H,13,14)(H,12,16,17). The summed E-state index contributed by atoms with van der Waals surface area (Å²) in [6.45, 7) is 6.08. The van der Waals surface area contributed by atoms with Gasteiger partial charge in [-0.3, -0.25) is 15.2 Å². The maximum Gasteiger partial charge on any atom is 0.277 e. The number of carbonyl (C=O) groups excluding carboxylic acids is 1. The number of anilines is 1. The molecule has 1 amide bonds. The Bertz CT molecular complexity index is 545. The van der Waals surface area contributed by atoms with Crippen LogP contribution in [0, 0.1) is 12.8 Å². The van der Waals surface area contributed by atoms with Crippen LogP contribution in [0.1, 0.15) is 35.0 Å². The number of hydrogen-bond acceptors (Lipinski definition) is 5. The summed E-state index contributed by atoms with van der Waals surface area (Å²) in [5.74, 6) is 0.252. The van der Waals surface area contributed by atoms with E-state index in [1.165, 1.54) is 11.3 Å². The first-order valence-electron chi connectivity index (χ1n) is 5.70. The van der Waals surface area contributed by atoms with Crippen molar-refractivity contribution in [2.24, 2.45) is 5.92 Å². The molecule has 0 unspecified atom stereocenters. The first-order chi connectivity index (χ1) is 8.54. The highest BCUT2D eigenvalue weighted by Gasteiger charge is 2.13. The number of aromatic nitrogens is 4. The third kappa shape index (κ3) is 3.13. The molecule has 0 radical (unpaired) electrons. The van der Waals surface area contributed by atoms with Gasteiger partial charge in [-0.25, -0.2) is 0 Å². The van der Waals surface area contributed by atoms with E-state index in [4.69, 9.17) is 0 Å². The number of rotatable bonds is 4. The van der Waals surface area contributed by atoms with E-state index >= 15 is 0 Å². The number of H-pyrrole nitrogens is 1. The molecule has 18 heavy (non-hydrogen) atoms. The van der Waals surface area contributed by atoms with Crippen molar-refractivity contribution in [1.82, 2.24) is 20.4 Å². The summed E-state index contributed by atoms with van der Waals surface area (Å²) in [5.41, 5.74) is 1.20. The van der Waals surface area contributed by atoms with Crippen LogP contribution in [0.25, 0.3) is 0 Å². The Hall–Kier alpha value is -1.76. The van der Waals surface area contributed by atoms with E-state index in [0.29, 0.717) is 16.7 Å². The fraction of sp³-hybridized carbons (Fsp3) is 0.455. The maximum atomic E-state index is 11.8. The number of hydrogen-bond donors (Lipinski definition) is 2. The lowest BCUT2D eigenvalue weighted by atomic mass is 10.1. The number of aryl methyl sites for hydroxylation is 1. The molecule has 0 aliphatic rings. The molecule has 7 heteroatoms. The predicted octanol–water partition coefficient (Wildman–Crippen LogP) is 2.02. The van der Waals surface area contributed by atoms with Crippen LogP contribution in [0.4, 0.5) is 5.13 Å². The summed E-state index contributed by atoms with van der Waals surface area (Å²) >= 11 is 1.40. The van der Waals surface area contributed by atoms with Crippen molar-refractivity contribution in [2.45, 2.75) is 27.2 Å². The molecule has 0 bridgehead atoms. The van der Waals surface area contributed by atoms with E-state index < -0.39 is 0 Å². The van der Waals surface area contributed by atoms with Gasteiger partial charge in [0.1, 0.15) is 5.01 Å². The minimum atomic E-state index is -0.272. The summed E-state index contributed by atoms with van der Waals surface area (Å²) < 4.78 is 0. The summed E-state index contributed by atoms with van der Waals surface area (Å²) in [4.78, 5) is 11.8. The predicted molar refractivity (Wildman–Crippen MR) is 69.7 cm³/mol. The molecule has 0 spiro atoms. The van der Waals surface area contributed by atoms with Gasteiger partial charge in [-0.05, 0) is 18.9 Å². The monoisotopic (exact) mass is 265 g/mol. The van der Waals surface area contributed by atoms with E-state index in [-0.39, 0.29) is 5.91 Å². The van der Waals surface area contributed by atoms with Crippen molar-refractivity contribution in [3.8, 4) is 0 Å². The Morgan fingerprint density at radius 1 is 1.50 bits per heavy atom. The molecule has 0 aliphatic carbocycles. The van der Waals surface area contributed by atoms with Crippen LogP contribution in [-0.2, 0) is 6.42 Å². The second-order valence-electron chi connectivity index (χ2n) is 4.49. The van der Waals surface area contributed by atoms with Gasteiger partial charge in [-0.2, -0.15) is 5.10 Å². The molecule has 0 saturated heterocycles. The van der Waals surface area contributed by atoms with E-state index in [9.17, 15) is 4.79 Å². The van der Waals surface area contributed by atoms with Gasteiger partial charge in [0.15, 0.2) is 5.69 Å². The van der Waals surface area contributed by atoms with Crippen LogP contribution in [0.2, 0.25) is 0 Å². The average molecular weight is 265 g/mol. The zero-order valence-corrected chi connectivity index (χ0v) is 11.3. The zero-order chi connectivity index (χ0) is 13.1. The highest BCUT2D eigenvalue weighted by atomic mass is 32.1. The smallest absolute Gasteiger partial charge is 0.277 e. The molecule has 2 rings (SSSR count). The van der Waals surface area contributed by atoms with Crippen LogP contribution in [-0.4, -0.2) is 26.3 Å². The van der Waals surface area contributed by atoms with Crippen LogP contribution < -0.4 is 5.32 Å². The summed E-state index contributed by atoms with van der Waals surface area (Å²) in [6.07, 6.45) is 0.870. The SMILES string of the molecule is Cc1cc(C(=O)Nc2nnc(CC(C)C)s2)n[nH]1. The van der Waals surface area contributed by atoms with Gasteiger partial charge in [-0.15, -0.1) is 10.2 Å². The molecule has 2 heterocycles. The second kappa shape index (κ2) is 5.26. The molecule has 2 aromatic heterocycles. The van der Waals surface area contributed by atoms with E-state index in [1.54, 1.807) is 6.07 Å². The Morgan fingerprint density at radius 2 is 2.28 bits per heavy atom. The van der Waals surface area contributed by atoms with Crippen molar-refractivity contribution in [3.63, 3.8) is 0 Å². The molecule has 2 aromatic rings. The van der Waals surface area contributed by atoms with Gasteiger partial charge in [0.05, 0.1) is 0 Å². The lowest BCUT2D eigenvalue weighted by molar-refractivity contribution is 0.102. The van der Waals surface area contributed by atoms with Crippen LogP contribution in [0.15, 0.2) is 6.07 Å². The highest BCUT2D eigenvalue weighted by molar-refractivity contribution is 7.15. The third-order valence-electron chi connectivity index (χ3n) is 2.21. The van der Waals surface area contributed by atoms with Gasteiger partial charge in [0.2, 0.25) is 5.13 Å². The maximum absolute atomic E-state index is 11.8. The summed E-state index contributed by atoms with van der Waals surface area (Å²) in [7, 11) is 0. The fourth-order valence-electron chi connectivity index (χ4n) is 1.43. The van der Waals surface area contributed by atoms with Gasteiger partial charge in [-0.1, -0.05) is 25.2 Å². The van der Waals surface area contributed by atoms with Crippen molar-refractivity contribution < 1.29 is 4.79 Å². The topological polar surface area (TPSA) is 83.6 Å². The molecule has 6 nitrogen and oxygen atoms in total. The Labute approximate surface area is 109 Å². The molecule has 96 valence electrons. The Kier molecular flexibility index (Phi) is 3.71. The van der Waals surface area contributed by atoms with Gasteiger partial charge >= 0.3 is 0 Å². The molecule has 2 N–H and O–H groups in total. The van der Waals surface area contributed by atoms with E-state index in [2.05, 4.69) is 39.6 Å². The molecule has 0 aliphatic heterocycles. The molecule has 0 fully saturated rings. The second-order valence-corrected chi connectivity index (χ2v) is 5.55. The Morgan fingerprint density at radius 3 is 2.89 bits per heavy atom. The average Bonchev–Trinajstić information content (AvgIpc) is 2.87. The quantitative estimate of drug-likeness (QED) is 0.885. The number of amides is 1. The van der Waals surface area contributed by atoms with Gasteiger partial charge in [0.25, 0.3) is 5.91 Å². The number of aromatic amines is 1. The normalized spacial score (nSPS) is 10.9. The minimum Gasteiger partial charge on any atom is -0.295 e. The minimum absolute atomic E-state index is 0.272. The van der Waals surface area contributed by atoms with E-state index in [1.807, 2.05) is 6.92 Å². The van der Waals surface area contributed by atoms with Crippen LogP contribution >= 0.6 is 11.3 Å². The molecular weight excluding hydrogens is 250 g/mol. The molecule has 0 saturated carbocycles. The molecular formula is C11H15N5OS. The molecule has 0 aromatic carbocycles. The zero-order valence-electron chi connectivity index (χ0n) is 10.5. The largest absolute Gasteiger partial charge is 0.295 e. The van der Waals surface area contributed by atoms with Gasteiger partial charge < -0.3 is 0 Å². The highest BCUT2D eigenvalue weighted by Crippen LogP contribution is 2.18. The van der Waals surface area contributed by atoms with Crippen molar-refractivity contribution in [3.05, 3.63) is 22.5 Å². The van der Waals surface area contributed by atoms with Crippen LogP contribution in [0.5, 0.6) is 0 Å². The first kappa shape index (κ1) is 12.7. The summed E-state index contributed by atoms with van der Waals surface area (Å²) in [6, 6.07) is 1.69. The number of carbonyl (C=O) groups is 1. The van der Waals surface area contributed by atoms with Crippen LogP contribution in [0.3, 0.4) is 0 Å². The molecule has 0 atom stereocenters. The third-order valence-corrected chi connectivity index (χ3v) is 3.07. The first-order valence-corrected chi connectivity index (χ1v) is 6.52. The fourth-order valence-corrected chi connectivity index (χ4v) is 2.38. The van der Waals surface area contributed by atoms with E-state index in [0.717, 1.165) is 17.1 Å². The lowest BCUT2D eigenvalue weighted by Crippen LogP contribution is -2.12. The van der Waals surface area contributed by atoms with Crippen molar-refractivity contribution >= 4 is 22.4 Å². The number of nitrogens with one attached hydrogen (secondary N) is 2. The van der Waals surface area contributed by atoms with Gasteiger partial charge in [0, 0.05) is 12.1 Å². The van der Waals surface area contributed by atoms with Crippen molar-refractivity contribution in [1.29, 1.82) is 0 Å². The van der Waals surface area contributed by atoms with Crippen molar-refractivity contribution in [2.75, 3.05) is 5.32 Å². The summed E-state index contributed by atoms with van der Waals surface area (Å²) in [5, 5.41) is 18.7. The Balaban J connectivity index is 2.01.